The molecular formula is C16H21N5O2. The Morgan fingerprint density at radius 2 is 2.22 bits per heavy atom. The van der Waals surface area contributed by atoms with Gasteiger partial charge in [0, 0.05) is 25.1 Å². The molecule has 1 aromatic heterocycles. The fourth-order valence-electron chi connectivity index (χ4n) is 2.48. The van der Waals surface area contributed by atoms with Crippen LogP contribution in [0.4, 0.5) is 0 Å². The van der Waals surface area contributed by atoms with Gasteiger partial charge in [-0.25, -0.2) is 0 Å². The number of aromatic nitrogens is 4. The second-order valence-electron chi connectivity index (χ2n) is 5.76. The summed E-state index contributed by atoms with van der Waals surface area (Å²) in [7, 11) is 0. The van der Waals surface area contributed by atoms with Crippen molar-refractivity contribution in [1.29, 1.82) is 0 Å². The van der Waals surface area contributed by atoms with Gasteiger partial charge in [0.2, 0.25) is 11.7 Å². The van der Waals surface area contributed by atoms with Crippen LogP contribution in [0.15, 0.2) is 24.3 Å². The normalized spacial score (nSPS) is 17.3. The summed E-state index contributed by atoms with van der Waals surface area (Å²) in [6.07, 6.45) is 2.59. The Kier molecular flexibility index (Phi) is 4.97. The van der Waals surface area contributed by atoms with Crippen molar-refractivity contribution in [2.75, 3.05) is 13.2 Å². The van der Waals surface area contributed by atoms with Crippen molar-refractivity contribution < 1.29 is 9.53 Å². The minimum absolute atomic E-state index is 0.0188. The summed E-state index contributed by atoms with van der Waals surface area (Å²) in [5, 5.41) is 15.2. The van der Waals surface area contributed by atoms with E-state index in [0.717, 1.165) is 25.0 Å². The average molecular weight is 315 g/mol. The molecule has 2 heterocycles. The Morgan fingerprint density at radius 1 is 1.39 bits per heavy atom. The fourth-order valence-corrected chi connectivity index (χ4v) is 2.48. The molecule has 7 nitrogen and oxygen atoms in total. The smallest absolute Gasteiger partial charge is 0.222 e. The largest absolute Gasteiger partial charge is 0.376 e. The van der Waals surface area contributed by atoms with Gasteiger partial charge in [-0.15, -0.1) is 10.2 Å². The van der Waals surface area contributed by atoms with E-state index in [1.807, 2.05) is 31.2 Å². The van der Waals surface area contributed by atoms with Gasteiger partial charge in [-0.1, -0.05) is 29.8 Å². The lowest BCUT2D eigenvalue weighted by atomic mass is 10.1. The highest BCUT2D eigenvalue weighted by Gasteiger charge is 2.16. The first-order chi connectivity index (χ1) is 11.2. The van der Waals surface area contributed by atoms with Crippen LogP contribution in [-0.2, 0) is 16.1 Å². The third-order valence-electron chi connectivity index (χ3n) is 3.85. The van der Waals surface area contributed by atoms with E-state index >= 15 is 0 Å². The van der Waals surface area contributed by atoms with Crippen molar-refractivity contribution in [3.8, 4) is 11.4 Å². The fraction of sp³-hybridized carbons (Fsp3) is 0.500. The van der Waals surface area contributed by atoms with Crippen molar-refractivity contribution in [3.63, 3.8) is 0 Å². The van der Waals surface area contributed by atoms with Crippen LogP contribution in [-0.4, -0.2) is 45.4 Å². The highest BCUT2D eigenvalue weighted by Crippen LogP contribution is 2.14. The van der Waals surface area contributed by atoms with E-state index in [4.69, 9.17) is 4.74 Å². The molecule has 0 spiro atoms. The van der Waals surface area contributed by atoms with Crippen molar-refractivity contribution in [1.82, 2.24) is 25.5 Å². The van der Waals surface area contributed by atoms with Crippen LogP contribution >= 0.6 is 0 Å². The lowest BCUT2D eigenvalue weighted by Gasteiger charge is -2.10. The molecule has 1 aromatic carbocycles. The van der Waals surface area contributed by atoms with Gasteiger partial charge in [-0.05, 0) is 25.0 Å². The summed E-state index contributed by atoms with van der Waals surface area (Å²) >= 11 is 0. The third-order valence-corrected chi connectivity index (χ3v) is 3.85. The van der Waals surface area contributed by atoms with Crippen LogP contribution in [0.2, 0.25) is 0 Å². The monoisotopic (exact) mass is 315 g/mol. The Bertz CT molecular complexity index is 647. The quantitative estimate of drug-likeness (QED) is 0.870. The second kappa shape index (κ2) is 7.32. The summed E-state index contributed by atoms with van der Waals surface area (Å²) in [4.78, 5) is 13.3. The summed E-state index contributed by atoms with van der Waals surface area (Å²) in [5.74, 6) is 0.555. The van der Waals surface area contributed by atoms with Gasteiger partial charge in [-0.2, -0.15) is 4.80 Å². The van der Waals surface area contributed by atoms with Crippen molar-refractivity contribution in [2.24, 2.45) is 0 Å². The minimum Gasteiger partial charge on any atom is -0.376 e. The van der Waals surface area contributed by atoms with Crippen LogP contribution in [0, 0.1) is 6.92 Å². The first-order valence-electron chi connectivity index (χ1n) is 7.94. The molecule has 2 aromatic rings. The van der Waals surface area contributed by atoms with E-state index < -0.39 is 0 Å². The van der Waals surface area contributed by atoms with Gasteiger partial charge in [-0.3, -0.25) is 4.79 Å². The van der Waals surface area contributed by atoms with Crippen LogP contribution in [0.5, 0.6) is 0 Å². The molecule has 1 atom stereocenters. The second-order valence-corrected chi connectivity index (χ2v) is 5.76. The first kappa shape index (κ1) is 15.6. The molecule has 3 rings (SSSR count). The molecule has 1 saturated heterocycles. The molecule has 1 aliphatic rings. The molecule has 0 radical (unpaired) electrons. The number of aryl methyl sites for hydroxylation is 2. The number of benzene rings is 1. The van der Waals surface area contributed by atoms with Gasteiger partial charge in [0.25, 0.3) is 0 Å². The van der Waals surface area contributed by atoms with Gasteiger partial charge in [0.15, 0.2) is 0 Å². The highest BCUT2D eigenvalue weighted by molar-refractivity contribution is 5.75. The zero-order valence-corrected chi connectivity index (χ0v) is 13.2. The van der Waals surface area contributed by atoms with Crippen LogP contribution in [0.1, 0.15) is 24.8 Å². The number of nitrogens with one attached hydrogen (secondary N) is 1. The highest BCUT2D eigenvalue weighted by atomic mass is 16.5. The van der Waals surface area contributed by atoms with E-state index in [-0.39, 0.29) is 12.0 Å². The molecular weight excluding hydrogens is 294 g/mol. The van der Waals surface area contributed by atoms with E-state index in [0.29, 0.717) is 25.3 Å². The predicted octanol–water partition coefficient (Wildman–Crippen LogP) is 1.33. The molecule has 0 bridgehead atoms. The molecule has 122 valence electrons. The minimum atomic E-state index is -0.0188. The number of amides is 1. The number of carbonyl (C=O) groups is 1. The third kappa shape index (κ3) is 4.35. The number of nitrogens with zero attached hydrogens (tertiary/aromatic N) is 4. The van der Waals surface area contributed by atoms with Crippen molar-refractivity contribution in [2.45, 2.75) is 38.8 Å². The maximum Gasteiger partial charge on any atom is 0.222 e. The van der Waals surface area contributed by atoms with Gasteiger partial charge < -0.3 is 10.1 Å². The summed E-state index contributed by atoms with van der Waals surface area (Å²) in [6, 6.07) is 7.94. The zero-order valence-electron chi connectivity index (χ0n) is 13.2. The molecule has 23 heavy (non-hydrogen) atoms. The van der Waals surface area contributed by atoms with E-state index in [1.165, 1.54) is 10.4 Å². The van der Waals surface area contributed by atoms with Gasteiger partial charge in [0.1, 0.15) is 0 Å². The zero-order chi connectivity index (χ0) is 16.1. The van der Waals surface area contributed by atoms with Gasteiger partial charge in [0.05, 0.1) is 12.6 Å². The maximum absolute atomic E-state index is 11.8. The van der Waals surface area contributed by atoms with Crippen LogP contribution in [0.3, 0.4) is 0 Å². The molecule has 1 fully saturated rings. The Morgan fingerprint density at radius 3 is 2.96 bits per heavy atom. The molecule has 1 amide bonds. The summed E-state index contributed by atoms with van der Waals surface area (Å²) in [5.41, 5.74) is 2.11. The maximum atomic E-state index is 11.8. The van der Waals surface area contributed by atoms with Crippen LogP contribution in [0.25, 0.3) is 11.4 Å². The summed E-state index contributed by atoms with van der Waals surface area (Å²) in [6.45, 7) is 3.82. The average Bonchev–Trinajstić information content (AvgIpc) is 3.23. The number of hydrogen-bond donors (Lipinski definition) is 1. The molecule has 0 saturated carbocycles. The van der Waals surface area contributed by atoms with Crippen molar-refractivity contribution in [3.05, 3.63) is 29.8 Å². The predicted molar refractivity (Wildman–Crippen MR) is 84.6 cm³/mol. The standard InChI is InChI=1S/C16H21N5O2/c1-12-4-6-13(7-5-12)16-18-20-21(19-16)9-8-15(22)17-11-14-3-2-10-23-14/h4-7,14H,2-3,8-11H2,1H3,(H,17,22). The number of ether oxygens (including phenoxy) is 1. The number of carbonyl (C=O) groups excluding carboxylic acids is 1. The SMILES string of the molecule is Cc1ccc(-c2nnn(CCC(=O)NCC3CCCO3)n2)cc1. The number of hydrogen-bond acceptors (Lipinski definition) is 5. The topological polar surface area (TPSA) is 81.9 Å². The Labute approximate surface area is 135 Å². The summed E-state index contributed by atoms with van der Waals surface area (Å²) < 4.78 is 5.47. The number of tetrazole rings is 1. The Hall–Kier alpha value is -2.28. The van der Waals surface area contributed by atoms with Gasteiger partial charge >= 0.3 is 0 Å². The van der Waals surface area contributed by atoms with Crippen molar-refractivity contribution >= 4 is 5.91 Å². The molecule has 1 aliphatic heterocycles. The molecule has 0 aliphatic carbocycles. The lowest BCUT2D eigenvalue weighted by molar-refractivity contribution is -0.121. The molecule has 7 heteroatoms. The van der Waals surface area contributed by atoms with E-state index in [9.17, 15) is 4.79 Å². The van der Waals surface area contributed by atoms with Crippen LogP contribution < -0.4 is 5.32 Å². The lowest BCUT2D eigenvalue weighted by Crippen LogP contribution is -2.32. The molecule has 1 N–H and O–H groups in total. The first-order valence-corrected chi connectivity index (χ1v) is 7.94. The molecule has 1 unspecified atom stereocenters. The Balaban J connectivity index is 1.47. The van der Waals surface area contributed by atoms with E-state index in [1.54, 1.807) is 0 Å². The van der Waals surface area contributed by atoms with E-state index in [2.05, 4.69) is 20.7 Å². The number of rotatable bonds is 6.